The van der Waals surface area contributed by atoms with E-state index in [1.807, 2.05) is 51.0 Å². The van der Waals surface area contributed by atoms with E-state index in [2.05, 4.69) is 18.9 Å². The van der Waals surface area contributed by atoms with Crippen molar-refractivity contribution < 1.29 is 14.3 Å². The first kappa shape index (κ1) is 23.3. The molecule has 2 amide bonds. The summed E-state index contributed by atoms with van der Waals surface area (Å²) >= 11 is 0. The molecule has 3 aromatic rings. The van der Waals surface area contributed by atoms with Crippen molar-refractivity contribution in [2.45, 2.75) is 39.8 Å². The van der Waals surface area contributed by atoms with E-state index in [-0.39, 0.29) is 11.8 Å². The number of benzene rings is 1. The van der Waals surface area contributed by atoms with Crippen molar-refractivity contribution in [2.24, 2.45) is 5.92 Å². The van der Waals surface area contributed by atoms with Gasteiger partial charge in [-0.25, -0.2) is 4.68 Å². The van der Waals surface area contributed by atoms with Gasteiger partial charge in [-0.1, -0.05) is 13.8 Å². The number of ether oxygens (including phenoxy) is 1. The van der Waals surface area contributed by atoms with Gasteiger partial charge in [-0.2, -0.15) is 10.2 Å². The van der Waals surface area contributed by atoms with Crippen molar-refractivity contribution in [2.75, 3.05) is 32.8 Å². The molecule has 2 aliphatic heterocycles. The molecule has 0 saturated carbocycles. The zero-order chi connectivity index (χ0) is 24.4. The molecule has 9 nitrogen and oxygen atoms in total. The average molecular weight is 477 g/mol. The molecule has 0 bridgehead atoms. The maximum Gasteiger partial charge on any atom is 0.274 e. The predicted octanol–water partition coefficient (Wildman–Crippen LogP) is 2.79. The number of morpholine rings is 1. The average Bonchev–Trinajstić information content (AvgIpc) is 3.55. The Morgan fingerprint density at radius 2 is 1.80 bits per heavy atom. The van der Waals surface area contributed by atoms with Crippen LogP contribution in [-0.2, 0) is 24.2 Å². The summed E-state index contributed by atoms with van der Waals surface area (Å²) in [6.45, 7) is 8.37. The van der Waals surface area contributed by atoms with E-state index in [1.54, 1.807) is 10.9 Å². The molecule has 0 atom stereocenters. The minimum atomic E-state index is -0.0641. The minimum absolute atomic E-state index is 0.0395. The van der Waals surface area contributed by atoms with Gasteiger partial charge in [0, 0.05) is 61.8 Å². The fourth-order valence-electron chi connectivity index (χ4n) is 4.68. The van der Waals surface area contributed by atoms with Crippen LogP contribution in [-0.4, -0.2) is 74.0 Å². The number of nitrogens with zero attached hydrogens (tertiary/aromatic N) is 6. The molecule has 0 N–H and O–H groups in total. The summed E-state index contributed by atoms with van der Waals surface area (Å²) in [5, 5.41) is 9.02. The number of fused-ring (bicyclic) bond motifs is 1. The Hall–Kier alpha value is -3.46. The Labute approximate surface area is 205 Å². The van der Waals surface area contributed by atoms with Gasteiger partial charge >= 0.3 is 0 Å². The first-order chi connectivity index (χ1) is 17.0. The fourth-order valence-corrected chi connectivity index (χ4v) is 4.68. The van der Waals surface area contributed by atoms with E-state index in [0.717, 1.165) is 29.9 Å². The number of carbonyl (C=O) groups excluding carboxylic acids is 2. The van der Waals surface area contributed by atoms with Gasteiger partial charge in [-0.3, -0.25) is 14.3 Å². The predicted molar refractivity (Wildman–Crippen MR) is 130 cm³/mol. The van der Waals surface area contributed by atoms with E-state index in [0.29, 0.717) is 63.0 Å². The van der Waals surface area contributed by atoms with Crippen LogP contribution < -0.4 is 0 Å². The van der Waals surface area contributed by atoms with Gasteiger partial charge in [-0.05, 0) is 42.7 Å². The highest BCUT2D eigenvalue weighted by Gasteiger charge is 2.32. The summed E-state index contributed by atoms with van der Waals surface area (Å²) < 4.78 is 9.18. The third-order valence-electron chi connectivity index (χ3n) is 6.72. The zero-order valence-corrected chi connectivity index (χ0v) is 20.4. The maximum atomic E-state index is 13.4. The van der Waals surface area contributed by atoms with Gasteiger partial charge in [-0.15, -0.1) is 0 Å². The van der Waals surface area contributed by atoms with Gasteiger partial charge in [0.05, 0.1) is 25.4 Å². The standard InChI is InChI=1S/C26H32N6O3/c1-19(2)8-13-32-23-9-12-30(18-22(23)24(28-32)26(34)29-14-16-35-17-15-29)25(33)20-4-6-21(7-5-20)31-11-3-10-27-31/h3-7,10-11,19H,8-9,12-18H2,1-2H3. The van der Waals surface area contributed by atoms with Crippen LogP contribution in [0.3, 0.4) is 0 Å². The van der Waals surface area contributed by atoms with Crippen molar-refractivity contribution >= 4 is 11.8 Å². The van der Waals surface area contributed by atoms with Crippen LogP contribution in [0.2, 0.25) is 0 Å². The minimum Gasteiger partial charge on any atom is -0.378 e. The largest absolute Gasteiger partial charge is 0.378 e. The number of hydrogen-bond acceptors (Lipinski definition) is 5. The Balaban J connectivity index is 1.39. The fraction of sp³-hybridized carbons (Fsp3) is 0.462. The van der Waals surface area contributed by atoms with Gasteiger partial charge < -0.3 is 14.5 Å². The lowest BCUT2D eigenvalue weighted by Gasteiger charge is -2.29. The highest BCUT2D eigenvalue weighted by atomic mass is 16.5. The SMILES string of the molecule is CC(C)CCn1nc(C(=O)N2CCOCC2)c2c1CCN(C(=O)c1ccc(-n3cccn3)cc1)C2. The van der Waals surface area contributed by atoms with E-state index < -0.39 is 0 Å². The van der Waals surface area contributed by atoms with Gasteiger partial charge in [0.1, 0.15) is 0 Å². The molecule has 1 fully saturated rings. The van der Waals surface area contributed by atoms with Crippen LogP contribution in [0.25, 0.3) is 5.69 Å². The van der Waals surface area contributed by atoms with Crippen molar-refractivity contribution in [3.63, 3.8) is 0 Å². The second-order valence-corrected chi connectivity index (χ2v) is 9.56. The summed E-state index contributed by atoms with van der Waals surface area (Å²) in [5.41, 5.74) is 3.98. The van der Waals surface area contributed by atoms with Crippen molar-refractivity contribution in [1.29, 1.82) is 0 Å². The van der Waals surface area contributed by atoms with Crippen LogP contribution >= 0.6 is 0 Å². The molecule has 1 aromatic carbocycles. The molecule has 4 heterocycles. The zero-order valence-electron chi connectivity index (χ0n) is 20.4. The van der Waals surface area contributed by atoms with Gasteiger partial charge in [0.25, 0.3) is 11.8 Å². The third-order valence-corrected chi connectivity index (χ3v) is 6.72. The Kier molecular flexibility index (Phi) is 6.68. The summed E-state index contributed by atoms with van der Waals surface area (Å²) in [7, 11) is 0. The molecule has 0 radical (unpaired) electrons. The summed E-state index contributed by atoms with van der Waals surface area (Å²) in [6.07, 6.45) is 5.27. The maximum absolute atomic E-state index is 13.4. The molecule has 35 heavy (non-hydrogen) atoms. The monoisotopic (exact) mass is 476 g/mol. The smallest absolute Gasteiger partial charge is 0.274 e. The molecular formula is C26H32N6O3. The normalized spacial score (nSPS) is 16.0. The number of carbonyl (C=O) groups is 2. The molecule has 2 aliphatic rings. The van der Waals surface area contributed by atoms with E-state index in [9.17, 15) is 9.59 Å². The van der Waals surface area contributed by atoms with Crippen molar-refractivity contribution in [3.8, 4) is 5.69 Å². The third kappa shape index (κ3) is 4.86. The molecule has 9 heteroatoms. The molecule has 1 saturated heterocycles. The van der Waals surface area contributed by atoms with Gasteiger partial charge in [0.15, 0.2) is 5.69 Å². The summed E-state index contributed by atoms with van der Waals surface area (Å²) in [6, 6.07) is 9.32. The second-order valence-electron chi connectivity index (χ2n) is 9.56. The first-order valence-electron chi connectivity index (χ1n) is 12.4. The molecule has 184 valence electrons. The van der Waals surface area contributed by atoms with Crippen LogP contribution in [0.5, 0.6) is 0 Å². The molecular weight excluding hydrogens is 444 g/mol. The highest BCUT2D eigenvalue weighted by Crippen LogP contribution is 2.26. The molecule has 0 aliphatic carbocycles. The molecule has 0 spiro atoms. The van der Waals surface area contributed by atoms with Crippen LogP contribution in [0.15, 0.2) is 42.7 Å². The van der Waals surface area contributed by atoms with E-state index >= 15 is 0 Å². The Morgan fingerprint density at radius 1 is 1.03 bits per heavy atom. The lowest BCUT2D eigenvalue weighted by atomic mass is 10.0. The number of amides is 2. The van der Waals surface area contributed by atoms with E-state index in [1.165, 1.54) is 0 Å². The number of rotatable bonds is 6. The summed E-state index contributed by atoms with van der Waals surface area (Å²) in [4.78, 5) is 30.4. The van der Waals surface area contributed by atoms with Crippen LogP contribution in [0, 0.1) is 5.92 Å². The topological polar surface area (TPSA) is 85.5 Å². The molecule has 2 aromatic heterocycles. The number of hydrogen-bond donors (Lipinski definition) is 0. The van der Waals surface area contributed by atoms with Crippen molar-refractivity contribution in [1.82, 2.24) is 29.4 Å². The Morgan fingerprint density at radius 3 is 2.49 bits per heavy atom. The first-order valence-corrected chi connectivity index (χ1v) is 12.4. The summed E-state index contributed by atoms with van der Waals surface area (Å²) in [5.74, 6) is 0.438. The molecule has 5 rings (SSSR count). The quantitative estimate of drug-likeness (QED) is 0.546. The van der Waals surface area contributed by atoms with Crippen LogP contribution in [0.1, 0.15) is 52.4 Å². The van der Waals surface area contributed by atoms with E-state index in [4.69, 9.17) is 9.84 Å². The molecule has 0 unspecified atom stereocenters. The number of aryl methyl sites for hydroxylation is 1. The lowest BCUT2D eigenvalue weighted by molar-refractivity contribution is 0.0296. The van der Waals surface area contributed by atoms with Crippen molar-refractivity contribution in [3.05, 3.63) is 65.2 Å². The van der Waals surface area contributed by atoms with Crippen LogP contribution in [0.4, 0.5) is 0 Å². The van der Waals surface area contributed by atoms with Gasteiger partial charge in [0.2, 0.25) is 0 Å². The second kappa shape index (κ2) is 10.0. The Bertz CT molecular complexity index is 1180. The lowest BCUT2D eigenvalue weighted by Crippen LogP contribution is -2.42. The number of aromatic nitrogens is 4. The highest BCUT2D eigenvalue weighted by molar-refractivity contribution is 5.96.